The molecule has 302 valence electrons. The van der Waals surface area contributed by atoms with Gasteiger partial charge in [0.15, 0.2) is 21.8 Å². The second-order valence-corrected chi connectivity index (χ2v) is 18.7. The van der Waals surface area contributed by atoms with E-state index in [4.69, 9.17) is 11.6 Å². The number of aromatic nitrogens is 4. The summed E-state index contributed by atoms with van der Waals surface area (Å²) in [6.07, 6.45) is 14.8. The molecule has 4 aromatic heterocycles. The highest BCUT2D eigenvalue weighted by Crippen LogP contribution is 2.36. The first-order chi connectivity index (χ1) is 28.8. The number of para-hydroxylation sites is 1. The van der Waals surface area contributed by atoms with Crippen LogP contribution < -0.4 is 21.3 Å². The van der Waals surface area contributed by atoms with Gasteiger partial charge in [-0.05, 0) is 80.3 Å². The molecule has 0 spiro atoms. The molecule has 0 radical (unpaired) electrons. The average molecular weight is 884 g/mol. The average Bonchev–Trinajstić information content (AvgIpc) is 4.10. The van der Waals surface area contributed by atoms with E-state index in [1.165, 1.54) is 46.2 Å². The van der Waals surface area contributed by atoms with Crippen molar-refractivity contribution < 1.29 is 19.2 Å². The highest BCUT2D eigenvalue weighted by Gasteiger charge is 2.27. The van der Waals surface area contributed by atoms with Gasteiger partial charge in [-0.2, -0.15) is 0 Å². The molecule has 4 amide bonds. The SMILES string of the molecule is O=C(Nc1ncc(Sc2ccccn2)s1)Nc1ccc(Cl)cc1C(=O)C1CCCC1.O=C(Nc1ncc(Sc2ccccn2)s1)Nc1ccccc1C(=O)C1CCCC1. The van der Waals surface area contributed by atoms with Crippen molar-refractivity contribution in [2.75, 3.05) is 21.3 Å². The number of nitrogens with zero attached hydrogens (tertiary/aromatic N) is 4. The smallest absolute Gasteiger partial charge is 0.307 e. The summed E-state index contributed by atoms with van der Waals surface area (Å²) in [6.45, 7) is 0. The summed E-state index contributed by atoms with van der Waals surface area (Å²) >= 11 is 11.8. The molecular formula is C42H39ClN8O4S4. The molecule has 2 fully saturated rings. The molecule has 2 aromatic carbocycles. The quantitative estimate of drug-likeness (QED) is 0.0868. The van der Waals surface area contributed by atoms with E-state index >= 15 is 0 Å². The van der Waals surface area contributed by atoms with Crippen molar-refractivity contribution in [2.45, 2.75) is 69.8 Å². The first-order valence-corrected chi connectivity index (χ1v) is 22.6. The minimum absolute atomic E-state index is 0.00257. The zero-order valence-electron chi connectivity index (χ0n) is 31.6. The van der Waals surface area contributed by atoms with Crippen LogP contribution in [0, 0.1) is 11.8 Å². The van der Waals surface area contributed by atoms with Crippen molar-refractivity contribution >= 4 is 103 Å². The maximum absolute atomic E-state index is 12.9. The molecular weight excluding hydrogens is 844 g/mol. The normalized spacial score (nSPS) is 13.9. The third-order valence-electron chi connectivity index (χ3n) is 9.48. The monoisotopic (exact) mass is 882 g/mol. The molecule has 2 aliphatic rings. The lowest BCUT2D eigenvalue weighted by molar-refractivity contribution is 0.0916. The number of anilines is 4. The molecule has 8 rings (SSSR count). The molecule has 2 saturated carbocycles. The second kappa shape index (κ2) is 20.7. The minimum atomic E-state index is -0.457. The number of pyridine rings is 2. The number of ketones is 2. The lowest BCUT2D eigenvalue weighted by Crippen LogP contribution is -2.22. The van der Waals surface area contributed by atoms with Crippen LogP contribution >= 0.6 is 57.8 Å². The van der Waals surface area contributed by atoms with Crippen molar-refractivity contribution in [1.29, 1.82) is 0 Å². The van der Waals surface area contributed by atoms with E-state index in [2.05, 4.69) is 41.2 Å². The van der Waals surface area contributed by atoms with Crippen molar-refractivity contribution in [3.8, 4) is 0 Å². The predicted molar refractivity (Wildman–Crippen MR) is 237 cm³/mol. The zero-order chi connectivity index (χ0) is 41.0. The van der Waals surface area contributed by atoms with Crippen molar-refractivity contribution in [3.05, 3.63) is 120 Å². The van der Waals surface area contributed by atoms with Gasteiger partial charge in [0.25, 0.3) is 0 Å². The highest BCUT2D eigenvalue weighted by atomic mass is 35.5. The van der Waals surface area contributed by atoms with E-state index in [9.17, 15) is 19.2 Å². The van der Waals surface area contributed by atoms with Gasteiger partial charge in [0.2, 0.25) is 0 Å². The zero-order valence-corrected chi connectivity index (χ0v) is 35.6. The van der Waals surface area contributed by atoms with E-state index in [0.29, 0.717) is 37.8 Å². The topological polar surface area (TPSA) is 168 Å². The summed E-state index contributed by atoms with van der Waals surface area (Å²) in [6, 6.07) is 22.6. The van der Waals surface area contributed by atoms with Crippen LogP contribution in [0.25, 0.3) is 0 Å². The van der Waals surface area contributed by atoms with Crippen LogP contribution in [0.3, 0.4) is 0 Å². The number of carbonyl (C=O) groups excluding carboxylic acids is 4. The van der Waals surface area contributed by atoms with Gasteiger partial charge < -0.3 is 10.6 Å². The van der Waals surface area contributed by atoms with Crippen LogP contribution in [-0.2, 0) is 0 Å². The number of urea groups is 2. The standard InChI is InChI=1S/C21H19ClN4O2S2.C21H20N4O2S2/c22-14-8-9-16(15(11-14)19(27)13-5-1-2-6-13)25-20(28)26-21-24-12-18(30-21)29-17-7-3-4-10-23-17;26-19(14-7-1-2-8-14)15-9-3-4-10-16(15)24-20(27)25-21-23-13-18(29-21)28-17-11-5-6-12-22-17/h3-4,7-13H,1-2,5-6H2,(H2,24,25,26,28);3-6,9-14H,1-2,7-8H2,(H2,23,24,25,27). The molecule has 0 unspecified atom stereocenters. The van der Waals surface area contributed by atoms with Gasteiger partial charge in [0, 0.05) is 40.4 Å². The van der Waals surface area contributed by atoms with E-state index in [1.54, 1.807) is 55.1 Å². The van der Waals surface area contributed by atoms with Crippen LogP contribution in [0.2, 0.25) is 5.02 Å². The fourth-order valence-electron chi connectivity index (χ4n) is 6.70. The molecule has 0 bridgehead atoms. The Bertz CT molecular complexity index is 2390. The van der Waals surface area contributed by atoms with Crippen LogP contribution in [0.5, 0.6) is 0 Å². The van der Waals surface area contributed by atoms with Gasteiger partial charge in [-0.25, -0.2) is 29.5 Å². The molecule has 17 heteroatoms. The Kier molecular flexibility index (Phi) is 14.7. The number of carbonyl (C=O) groups is 4. The van der Waals surface area contributed by atoms with Crippen LogP contribution in [-0.4, -0.2) is 43.6 Å². The summed E-state index contributed by atoms with van der Waals surface area (Å²) in [5.41, 5.74) is 2.00. The molecule has 0 aliphatic heterocycles. The van der Waals surface area contributed by atoms with Crippen LogP contribution in [0.1, 0.15) is 72.1 Å². The summed E-state index contributed by atoms with van der Waals surface area (Å²) in [4.78, 5) is 67.7. The number of benzene rings is 2. The summed E-state index contributed by atoms with van der Waals surface area (Å²) in [5, 5.41) is 14.2. The van der Waals surface area contributed by atoms with Gasteiger partial charge in [0.05, 0.1) is 32.2 Å². The number of hydrogen-bond acceptors (Lipinski definition) is 12. The summed E-state index contributed by atoms with van der Waals surface area (Å²) in [5.74, 6) is 0.207. The molecule has 0 saturated heterocycles. The van der Waals surface area contributed by atoms with E-state index in [-0.39, 0.29) is 23.4 Å². The first-order valence-electron chi connectivity index (χ1n) is 19.0. The van der Waals surface area contributed by atoms with Gasteiger partial charge >= 0.3 is 12.1 Å². The molecule has 12 nitrogen and oxygen atoms in total. The van der Waals surface area contributed by atoms with Crippen molar-refractivity contribution in [3.63, 3.8) is 0 Å². The van der Waals surface area contributed by atoms with Crippen LogP contribution in [0.15, 0.2) is 122 Å². The third-order valence-corrected chi connectivity index (χ3v) is 13.6. The van der Waals surface area contributed by atoms with Gasteiger partial charge in [-0.15, -0.1) is 0 Å². The van der Waals surface area contributed by atoms with E-state index in [0.717, 1.165) is 69.8 Å². The number of nitrogens with one attached hydrogen (secondary N) is 4. The Hall–Kier alpha value is -5.13. The van der Waals surface area contributed by atoms with Crippen molar-refractivity contribution in [1.82, 2.24) is 19.9 Å². The number of hydrogen-bond donors (Lipinski definition) is 4. The molecule has 0 atom stereocenters. The fourth-order valence-corrected chi connectivity index (χ4v) is 10.4. The summed E-state index contributed by atoms with van der Waals surface area (Å²) < 4.78 is 1.84. The number of Topliss-reactive ketones (excluding diaryl/α,β-unsaturated/α-hetero) is 2. The Labute approximate surface area is 362 Å². The largest absolute Gasteiger partial charge is 0.325 e. The fraction of sp³-hybridized carbons (Fsp3) is 0.238. The number of thiazole rings is 2. The van der Waals surface area contributed by atoms with E-state index in [1.807, 2.05) is 48.5 Å². The van der Waals surface area contributed by atoms with Crippen LogP contribution in [0.4, 0.5) is 31.2 Å². The Balaban J connectivity index is 0.000000179. The Morgan fingerprint density at radius 1 is 0.559 bits per heavy atom. The van der Waals surface area contributed by atoms with Gasteiger partial charge in [-0.3, -0.25) is 20.2 Å². The predicted octanol–water partition coefficient (Wildman–Crippen LogP) is 12.1. The second-order valence-electron chi connectivity index (χ2n) is 13.6. The maximum atomic E-state index is 12.9. The lowest BCUT2D eigenvalue weighted by atomic mass is 9.95. The third kappa shape index (κ3) is 12.0. The Morgan fingerprint density at radius 3 is 1.54 bits per heavy atom. The highest BCUT2D eigenvalue weighted by molar-refractivity contribution is 8.01. The molecule has 4 N–H and O–H groups in total. The molecule has 2 aliphatic carbocycles. The number of rotatable bonds is 12. The Morgan fingerprint density at radius 2 is 1.03 bits per heavy atom. The minimum Gasteiger partial charge on any atom is -0.307 e. The molecule has 59 heavy (non-hydrogen) atoms. The van der Waals surface area contributed by atoms with E-state index < -0.39 is 12.1 Å². The molecule has 4 heterocycles. The van der Waals surface area contributed by atoms with Crippen molar-refractivity contribution in [2.24, 2.45) is 11.8 Å². The maximum Gasteiger partial charge on any atom is 0.325 e. The summed E-state index contributed by atoms with van der Waals surface area (Å²) in [7, 11) is 0. The lowest BCUT2D eigenvalue weighted by Gasteiger charge is -2.14. The molecule has 6 aromatic rings. The first kappa shape index (κ1) is 42.0. The van der Waals surface area contributed by atoms with Gasteiger partial charge in [0.1, 0.15) is 10.1 Å². The number of amides is 4. The number of halogens is 1. The van der Waals surface area contributed by atoms with Gasteiger partial charge in [-0.1, -0.05) is 108 Å².